The van der Waals surface area contributed by atoms with Crippen molar-refractivity contribution in [3.05, 3.63) is 33.8 Å². The van der Waals surface area contributed by atoms with Gasteiger partial charge in [0, 0.05) is 11.6 Å². The summed E-state index contributed by atoms with van der Waals surface area (Å²) in [6, 6.07) is 5.35. The van der Waals surface area contributed by atoms with E-state index in [-0.39, 0.29) is 5.78 Å². The zero-order valence-electron chi connectivity index (χ0n) is 10.3. The van der Waals surface area contributed by atoms with E-state index in [1.165, 1.54) is 0 Å². The van der Waals surface area contributed by atoms with Gasteiger partial charge in [-0.25, -0.2) is 0 Å². The van der Waals surface area contributed by atoms with Crippen LogP contribution < -0.4 is 0 Å². The smallest absolute Gasteiger partial charge is 0.176 e. The lowest BCUT2D eigenvalue weighted by atomic mass is 10.1. The predicted octanol–water partition coefficient (Wildman–Crippen LogP) is 3.91. The summed E-state index contributed by atoms with van der Waals surface area (Å²) in [4.78, 5) is 14.1. The van der Waals surface area contributed by atoms with Crippen LogP contribution in [-0.4, -0.2) is 29.8 Å². The summed E-state index contributed by atoms with van der Waals surface area (Å²) in [5, 5.41) is 0.893. The second-order valence-corrected chi connectivity index (χ2v) is 5.02. The van der Waals surface area contributed by atoms with E-state index in [2.05, 4.69) is 18.7 Å². The third-order valence-electron chi connectivity index (χ3n) is 2.72. The number of carbonyl (C=O) groups is 1. The molecule has 0 aromatic heterocycles. The first-order valence-electron chi connectivity index (χ1n) is 5.68. The molecule has 1 aromatic carbocycles. The Hall–Kier alpha value is -0.570. The first-order chi connectivity index (χ1) is 7.95. The molecule has 0 atom stereocenters. The van der Waals surface area contributed by atoms with E-state index in [4.69, 9.17) is 23.2 Å². The second kappa shape index (κ2) is 6.39. The van der Waals surface area contributed by atoms with Crippen molar-refractivity contribution < 1.29 is 4.79 Å². The minimum absolute atomic E-state index is 0.0686. The van der Waals surface area contributed by atoms with E-state index in [0.717, 1.165) is 6.54 Å². The molecule has 0 heterocycles. The van der Waals surface area contributed by atoms with E-state index < -0.39 is 0 Å². The van der Waals surface area contributed by atoms with Gasteiger partial charge in [0.1, 0.15) is 0 Å². The molecule has 0 aliphatic heterocycles. The molecule has 1 aromatic rings. The molecule has 94 valence electrons. The van der Waals surface area contributed by atoms with Crippen LogP contribution in [0.2, 0.25) is 10.0 Å². The van der Waals surface area contributed by atoms with Crippen molar-refractivity contribution in [1.82, 2.24) is 4.90 Å². The lowest BCUT2D eigenvalue weighted by Gasteiger charge is -2.23. The molecule has 0 bridgehead atoms. The number of likely N-dealkylation sites (N-methyl/N-ethyl adjacent to an activating group) is 1. The Morgan fingerprint density at radius 3 is 2.41 bits per heavy atom. The highest BCUT2D eigenvalue weighted by Gasteiger charge is 2.14. The Labute approximate surface area is 113 Å². The molecular formula is C13H17Cl2NO. The zero-order valence-corrected chi connectivity index (χ0v) is 11.8. The Balaban J connectivity index is 2.79. The number of benzene rings is 1. The number of rotatable bonds is 5. The van der Waals surface area contributed by atoms with Crippen molar-refractivity contribution in [2.75, 3.05) is 13.1 Å². The van der Waals surface area contributed by atoms with E-state index >= 15 is 0 Å². The Morgan fingerprint density at radius 1 is 1.29 bits per heavy atom. The number of nitrogens with zero attached hydrogens (tertiary/aromatic N) is 1. The normalized spacial score (nSPS) is 11.2. The molecule has 4 heteroatoms. The van der Waals surface area contributed by atoms with Gasteiger partial charge in [0.25, 0.3) is 0 Å². The number of ketones is 1. The number of carbonyl (C=O) groups excluding carboxylic acids is 1. The summed E-state index contributed by atoms with van der Waals surface area (Å²) in [5.74, 6) is 0.0686. The molecule has 0 saturated carbocycles. The van der Waals surface area contributed by atoms with Crippen LogP contribution in [0.5, 0.6) is 0 Å². The number of Topliss-reactive ketones (excluding diaryl/α,β-unsaturated/α-hetero) is 1. The van der Waals surface area contributed by atoms with Crippen molar-refractivity contribution in [2.45, 2.75) is 26.8 Å². The maximum Gasteiger partial charge on any atom is 0.176 e. The highest BCUT2D eigenvalue weighted by Crippen LogP contribution is 2.22. The molecule has 17 heavy (non-hydrogen) atoms. The SMILES string of the molecule is CCN(CC(=O)c1ccc(Cl)c(Cl)c1)C(C)C. The van der Waals surface area contributed by atoms with Gasteiger partial charge in [0.05, 0.1) is 16.6 Å². The monoisotopic (exact) mass is 273 g/mol. The van der Waals surface area contributed by atoms with Crippen molar-refractivity contribution >= 4 is 29.0 Å². The molecule has 0 saturated heterocycles. The second-order valence-electron chi connectivity index (χ2n) is 4.21. The topological polar surface area (TPSA) is 20.3 Å². The van der Waals surface area contributed by atoms with Crippen LogP contribution in [-0.2, 0) is 0 Å². The van der Waals surface area contributed by atoms with Gasteiger partial charge in [-0.15, -0.1) is 0 Å². The maximum atomic E-state index is 12.0. The Kier molecular flexibility index (Phi) is 5.44. The molecule has 0 radical (unpaired) electrons. The molecule has 1 rings (SSSR count). The lowest BCUT2D eigenvalue weighted by Crippen LogP contribution is -2.35. The fraction of sp³-hybridized carbons (Fsp3) is 0.462. The van der Waals surface area contributed by atoms with Crippen molar-refractivity contribution in [3.8, 4) is 0 Å². The highest BCUT2D eigenvalue weighted by molar-refractivity contribution is 6.42. The van der Waals surface area contributed by atoms with E-state index in [1.54, 1.807) is 18.2 Å². The van der Waals surface area contributed by atoms with Gasteiger partial charge >= 0.3 is 0 Å². The van der Waals surface area contributed by atoms with E-state index in [1.807, 2.05) is 6.92 Å². The molecule has 0 N–H and O–H groups in total. The van der Waals surface area contributed by atoms with Crippen molar-refractivity contribution in [3.63, 3.8) is 0 Å². The zero-order chi connectivity index (χ0) is 13.0. The van der Waals surface area contributed by atoms with Crippen LogP contribution >= 0.6 is 23.2 Å². The van der Waals surface area contributed by atoms with Crippen LogP contribution in [0.1, 0.15) is 31.1 Å². The van der Waals surface area contributed by atoms with Crippen LogP contribution in [0.15, 0.2) is 18.2 Å². The average molecular weight is 274 g/mol. The first-order valence-corrected chi connectivity index (χ1v) is 6.43. The molecule has 0 unspecified atom stereocenters. The molecule has 0 aliphatic carbocycles. The minimum Gasteiger partial charge on any atom is -0.294 e. The molecule has 0 fully saturated rings. The van der Waals surface area contributed by atoms with Crippen LogP contribution in [0.3, 0.4) is 0 Å². The number of hydrogen-bond donors (Lipinski definition) is 0. The van der Waals surface area contributed by atoms with Gasteiger partial charge < -0.3 is 0 Å². The van der Waals surface area contributed by atoms with Crippen molar-refractivity contribution in [1.29, 1.82) is 0 Å². The Bertz CT molecular complexity index is 404. The average Bonchev–Trinajstić information content (AvgIpc) is 2.28. The van der Waals surface area contributed by atoms with Gasteiger partial charge in [0.15, 0.2) is 5.78 Å². The molecular weight excluding hydrogens is 257 g/mol. The third-order valence-corrected chi connectivity index (χ3v) is 3.46. The summed E-state index contributed by atoms with van der Waals surface area (Å²) < 4.78 is 0. The van der Waals surface area contributed by atoms with Gasteiger partial charge in [-0.1, -0.05) is 30.1 Å². The first kappa shape index (κ1) is 14.5. The summed E-state index contributed by atoms with van der Waals surface area (Å²) in [5.41, 5.74) is 0.610. The Morgan fingerprint density at radius 2 is 1.94 bits per heavy atom. The quantitative estimate of drug-likeness (QED) is 0.759. The summed E-state index contributed by atoms with van der Waals surface area (Å²) >= 11 is 11.7. The summed E-state index contributed by atoms with van der Waals surface area (Å²) in [6.07, 6.45) is 0. The number of hydrogen-bond acceptors (Lipinski definition) is 2. The van der Waals surface area contributed by atoms with Crippen LogP contribution in [0.4, 0.5) is 0 Å². The molecule has 0 spiro atoms. The lowest BCUT2D eigenvalue weighted by molar-refractivity contribution is 0.0911. The van der Waals surface area contributed by atoms with Crippen molar-refractivity contribution in [2.24, 2.45) is 0 Å². The largest absolute Gasteiger partial charge is 0.294 e. The molecule has 2 nitrogen and oxygen atoms in total. The van der Waals surface area contributed by atoms with Gasteiger partial charge in [-0.2, -0.15) is 0 Å². The summed E-state index contributed by atoms with van der Waals surface area (Å²) in [6.45, 7) is 7.45. The predicted molar refractivity (Wildman–Crippen MR) is 73.2 cm³/mol. The fourth-order valence-electron chi connectivity index (χ4n) is 1.60. The van der Waals surface area contributed by atoms with Gasteiger partial charge in [-0.3, -0.25) is 9.69 Å². The van der Waals surface area contributed by atoms with E-state index in [9.17, 15) is 4.79 Å². The summed E-state index contributed by atoms with van der Waals surface area (Å²) in [7, 11) is 0. The minimum atomic E-state index is 0.0686. The third kappa shape index (κ3) is 3.98. The fourth-order valence-corrected chi connectivity index (χ4v) is 1.90. The van der Waals surface area contributed by atoms with Gasteiger partial charge in [-0.05, 0) is 38.6 Å². The van der Waals surface area contributed by atoms with Crippen LogP contribution in [0.25, 0.3) is 0 Å². The highest BCUT2D eigenvalue weighted by atomic mass is 35.5. The maximum absolute atomic E-state index is 12.0. The standard InChI is InChI=1S/C13H17Cl2NO/c1-4-16(9(2)3)8-13(17)10-5-6-11(14)12(15)7-10/h5-7,9H,4,8H2,1-3H3. The molecule has 0 aliphatic rings. The van der Waals surface area contributed by atoms with E-state index in [0.29, 0.717) is 28.2 Å². The van der Waals surface area contributed by atoms with Gasteiger partial charge in [0.2, 0.25) is 0 Å². The van der Waals surface area contributed by atoms with Crippen LogP contribution in [0, 0.1) is 0 Å². The number of halogens is 2. The molecule has 0 amide bonds.